The number of pyridine rings is 4. The Bertz CT molecular complexity index is 2800. The topological polar surface area (TPSA) is 64.5 Å². The first kappa shape index (κ1) is 51.7. The van der Waals surface area contributed by atoms with Crippen molar-refractivity contribution in [2.45, 2.75) is 110 Å². The molecule has 4 aliphatic rings. The highest BCUT2D eigenvalue weighted by molar-refractivity contribution is 8.00. The van der Waals surface area contributed by atoms with E-state index in [1.54, 1.807) is 0 Å². The average molecular weight is 1090 g/mol. The number of rotatable bonds is 18. The van der Waals surface area contributed by atoms with Crippen molar-refractivity contribution in [2.75, 3.05) is 73.0 Å². The highest BCUT2D eigenvalue weighted by atomic mass is 32.2. The van der Waals surface area contributed by atoms with E-state index in [1.165, 1.54) is 61.9 Å². The van der Waals surface area contributed by atoms with Gasteiger partial charge in [-0.25, -0.2) is 19.9 Å². The maximum absolute atomic E-state index is 5.05. The molecule has 0 spiro atoms. The smallest absolute Gasteiger partial charge is 0.147 e. The molecule has 4 unspecified atom stereocenters. The molecular weight excluding hydrogens is 1030 g/mol. The molecule has 14 heteroatoms. The molecule has 0 aliphatic carbocycles. The number of likely N-dealkylation sites (N-methyl/N-ethyl adjacent to an activating group) is 2. The molecule has 4 aromatic heterocycles. The molecule has 8 aromatic rings. The molecule has 0 bridgehead atoms. The zero-order valence-electron chi connectivity index (χ0n) is 44.9. The fourth-order valence-corrected chi connectivity index (χ4v) is 17.0. The molecule has 0 radical (unpaired) electrons. The van der Waals surface area contributed by atoms with E-state index >= 15 is 0 Å². The van der Waals surface area contributed by atoms with Gasteiger partial charge in [-0.15, -0.1) is 0 Å². The number of aromatic nitrogens is 4. The minimum absolute atomic E-state index is 0.177. The van der Waals surface area contributed by atoms with Crippen LogP contribution in [0.4, 0.5) is 46.0 Å². The molecule has 4 aliphatic heterocycles. The third-order valence-corrected chi connectivity index (χ3v) is 20.2. The molecule has 0 fully saturated rings. The number of anilines is 8. The maximum atomic E-state index is 5.05. The number of quaternary nitrogens is 2. The van der Waals surface area contributed by atoms with Gasteiger partial charge in [0.05, 0.1) is 120 Å². The van der Waals surface area contributed by atoms with E-state index in [1.807, 2.05) is 71.8 Å². The molecule has 0 amide bonds. The van der Waals surface area contributed by atoms with Crippen molar-refractivity contribution in [3.8, 4) is 0 Å². The first-order valence-corrected chi connectivity index (χ1v) is 30.5. The summed E-state index contributed by atoms with van der Waals surface area (Å²) in [7, 11) is 5.04. The summed E-state index contributed by atoms with van der Waals surface area (Å²) in [6.07, 6.45) is 11.2. The monoisotopic (exact) mass is 1090 g/mol. The Hall–Kier alpha value is -6.00. The van der Waals surface area contributed by atoms with Crippen LogP contribution < -0.4 is 19.6 Å². The van der Waals surface area contributed by atoms with Crippen LogP contribution in [0.1, 0.15) is 47.0 Å². The van der Waals surface area contributed by atoms with E-state index in [2.05, 4.69) is 207 Å². The van der Waals surface area contributed by atoms with Gasteiger partial charge in [0.15, 0.2) is 0 Å². The van der Waals surface area contributed by atoms with Gasteiger partial charge in [0.25, 0.3) is 0 Å². The van der Waals surface area contributed by atoms with Crippen molar-refractivity contribution in [1.29, 1.82) is 0 Å². The van der Waals surface area contributed by atoms with Crippen LogP contribution in [-0.2, 0) is 0 Å². The van der Waals surface area contributed by atoms with Gasteiger partial charge >= 0.3 is 0 Å². The number of hydrogen-bond donors (Lipinski definition) is 0. The molecule has 8 heterocycles. The van der Waals surface area contributed by atoms with Crippen molar-refractivity contribution < 1.29 is 8.97 Å². The van der Waals surface area contributed by atoms with Crippen LogP contribution in [0.5, 0.6) is 0 Å². The minimum Gasteiger partial charge on any atom is -0.323 e. The van der Waals surface area contributed by atoms with Crippen LogP contribution in [0, 0.1) is 0 Å². The Morgan fingerprint density at radius 1 is 0.325 bits per heavy atom. The van der Waals surface area contributed by atoms with Crippen molar-refractivity contribution in [3.63, 3.8) is 0 Å². The molecule has 4 aromatic carbocycles. The summed E-state index contributed by atoms with van der Waals surface area (Å²) in [5, 5.41) is 0. The summed E-state index contributed by atoms with van der Waals surface area (Å²) in [6.45, 7) is 15.6. The molecule has 77 heavy (non-hydrogen) atoms. The largest absolute Gasteiger partial charge is 0.323 e. The van der Waals surface area contributed by atoms with Crippen LogP contribution in [0.2, 0.25) is 0 Å². The quantitative estimate of drug-likeness (QED) is 0.0607. The number of para-hydroxylation sites is 4. The van der Waals surface area contributed by atoms with Crippen LogP contribution in [0.25, 0.3) is 0 Å². The molecular formula is C63H68N10S4+2. The Morgan fingerprint density at radius 3 is 0.818 bits per heavy atom. The second kappa shape index (κ2) is 22.0. The van der Waals surface area contributed by atoms with Gasteiger partial charge < -0.3 is 28.6 Å². The summed E-state index contributed by atoms with van der Waals surface area (Å²) in [5.74, 6) is 4.23. The van der Waals surface area contributed by atoms with Crippen LogP contribution in [0.15, 0.2) is 210 Å². The zero-order valence-corrected chi connectivity index (χ0v) is 48.2. The first-order valence-electron chi connectivity index (χ1n) is 27.2. The van der Waals surface area contributed by atoms with E-state index in [0.29, 0.717) is 0 Å². The van der Waals surface area contributed by atoms with Crippen molar-refractivity contribution in [2.24, 2.45) is 0 Å². The number of unbranched alkanes of at least 4 members (excludes halogenated alkanes) is 2. The van der Waals surface area contributed by atoms with E-state index < -0.39 is 0 Å². The molecule has 12 rings (SSSR count). The van der Waals surface area contributed by atoms with Gasteiger partial charge in [-0.2, -0.15) is 0 Å². The highest BCUT2D eigenvalue weighted by Gasteiger charge is 2.40. The molecule has 0 saturated carbocycles. The molecule has 392 valence electrons. The fraction of sp³-hybridized carbons (Fsp3) is 0.302. The Labute approximate surface area is 472 Å². The normalized spacial score (nSPS) is 17.1. The van der Waals surface area contributed by atoms with Gasteiger partial charge in [0.1, 0.15) is 23.3 Å². The zero-order chi connectivity index (χ0) is 52.7. The lowest BCUT2D eigenvalue weighted by atomic mass is 10.1. The lowest BCUT2D eigenvalue weighted by Crippen LogP contribution is -2.58. The van der Waals surface area contributed by atoms with E-state index in [0.717, 1.165) is 90.8 Å². The van der Waals surface area contributed by atoms with Crippen LogP contribution >= 0.6 is 47.0 Å². The van der Waals surface area contributed by atoms with E-state index in [-0.39, 0.29) is 24.2 Å². The Kier molecular flexibility index (Phi) is 14.8. The third-order valence-electron chi connectivity index (χ3n) is 15.8. The second-order valence-electron chi connectivity index (χ2n) is 21.9. The lowest BCUT2D eigenvalue weighted by Gasteiger charge is -2.46. The van der Waals surface area contributed by atoms with Gasteiger partial charge in [0.2, 0.25) is 0 Å². The van der Waals surface area contributed by atoms with Crippen LogP contribution in [0.3, 0.4) is 0 Å². The van der Waals surface area contributed by atoms with Gasteiger partial charge in [-0.3, -0.25) is 0 Å². The predicted octanol–water partition coefficient (Wildman–Crippen LogP) is 15.4. The van der Waals surface area contributed by atoms with Crippen molar-refractivity contribution in [1.82, 2.24) is 19.9 Å². The maximum Gasteiger partial charge on any atom is 0.147 e. The van der Waals surface area contributed by atoms with E-state index in [4.69, 9.17) is 19.9 Å². The molecule has 0 saturated heterocycles. The number of nitrogens with zero attached hydrogens (tertiary/aromatic N) is 10. The van der Waals surface area contributed by atoms with E-state index in [9.17, 15) is 0 Å². The first-order chi connectivity index (χ1) is 37.5. The number of hydrogen-bond acceptors (Lipinski definition) is 12. The molecule has 4 atom stereocenters. The summed E-state index contributed by atoms with van der Waals surface area (Å²) >= 11 is 7.32. The standard InChI is InChI=1S/C63H68N10S4/c1-44(68-48-22-8-12-26-52(48)74-56-30-18-34-64-60(56)68)40-72(5,41-45(2)69-49-23-9-13-27-53(49)75-57-31-19-35-65-61(57)69)38-16-7-17-39-73(6,42-46(3)70-50-24-10-14-28-54(50)76-58-32-20-36-66-62(58)70)43-47(4)71-51-25-11-15-29-55(51)77-59-33-21-37-67-63(59)71/h8-15,18-37,44-47H,7,16-17,38-43H2,1-6H3/q+2. The fourth-order valence-electron chi connectivity index (χ4n) is 12.8. The summed E-state index contributed by atoms with van der Waals surface area (Å²) in [5.41, 5.74) is 4.98. The summed E-state index contributed by atoms with van der Waals surface area (Å²) in [6, 6.07) is 53.4. The molecule has 10 nitrogen and oxygen atoms in total. The summed E-state index contributed by atoms with van der Waals surface area (Å²) in [4.78, 5) is 40.3. The Morgan fingerprint density at radius 2 is 0.558 bits per heavy atom. The van der Waals surface area contributed by atoms with Crippen LogP contribution in [-0.4, -0.2) is 106 Å². The lowest BCUT2D eigenvalue weighted by molar-refractivity contribution is -0.912. The average Bonchev–Trinajstić information content (AvgIpc) is 3.44. The van der Waals surface area contributed by atoms with Crippen molar-refractivity contribution in [3.05, 3.63) is 170 Å². The SMILES string of the molecule is CC(C[N+](C)(CCCCC[N+](C)(CC(C)N1c2ccccc2Sc2cccnc21)CC(C)N1c2ccccc2Sc2cccnc21)CC(C)N1c2ccccc2Sc2cccnc21)N1c2ccccc2Sc2cccnc21. The summed E-state index contributed by atoms with van der Waals surface area (Å²) < 4.78 is 1.81. The number of benzene rings is 4. The highest BCUT2D eigenvalue weighted by Crippen LogP contribution is 2.52. The van der Waals surface area contributed by atoms with Gasteiger partial charge in [-0.05, 0) is 144 Å². The van der Waals surface area contributed by atoms with Gasteiger partial charge in [0, 0.05) is 44.4 Å². The number of fused-ring (bicyclic) bond motifs is 8. The molecule has 0 N–H and O–H groups in total. The predicted molar refractivity (Wildman–Crippen MR) is 321 cm³/mol. The third kappa shape index (κ3) is 10.4. The minimum atomic E-state index is 0.177. The van der Waals surface area contributed by atoms with Crippen molar-refractivity contribution >= 4 is 93.1 Å². The second-order valence-corrected chi connectivity index (χ2v) is 26.3. The van der Waals surface area contributed by atoms with Gasteiger partial charge in [-0.1, -0.05) is 95.6 Å². The Balaban J connectivity index is 0.831.